The minimum Gasteiger partial charge on any atom is -0.481 e. The zero-order valence-electron chi connectivity index (χ0n) is 18.4. The highest BCUT2D eigenvalue weighted by molar-refractivity contribution is 5.83. The van der Waals surface area contributed by atoms with Crippen molar-refractivity contribution in [3.8, 4) is 0 Å². The Morgan fingerprint density at radius 2 is 1.07 bits per heavy atom. The number of hydrogen-bond donors (Lipinski definition) is 3. The number of carbonyl (C=O) groups is 3. The van der Waals surface area contributed by atoms with Crippen LogP contribution in [0.4, 0.5) is 0 Å². The van der Waals surface area contributed by atoms with Crippen LogP contribution >= 0.6 is 0 Å². The molecule has 0 aromatic rings. The number of aliphatic carboxylic acids is 2. The summed E-state index contributed by atoms with van der Waals surface area (Å²) in [5.41, 5.74) is 0. The van der Waals surface area contributed by atoms with Gasteiger partial charge in [-0.1, -0.05) is 96.8 Å². The Kier molecular flexibility index (Phi) is 18.6. The van der Waals surface area contributed by atoms with Crippen molar-refractivity contribution in [3.05, 3.63) is 0 Å². The lowest BCUT2D eigenvalue weighted by atomic mass is 10.0. The molecule has 0 aromatic heterocycles. The van der Waals surface area contributed by atoms with Gasteiger partial charge in [0.25, 0.3) is 0 Å². The van der Waals surface area contributed by atoms with E-state index in [0.29, 0.717) is 6.42 Å². The van der Waals surface area contributed by atoms with E-state index in [1.807, 2.05) is 0 Å². The number of nitrogens with one attached hydrogen (secondary N) is 1. The molecule has 6 heteroatoms. The molecule has 1 amide bonds. The lowest BCUT2D eigenvalue weighted by Gasteiger charge is -2.13. The molecule has 170 valence electrons. The zero-order chi connectivity index (χ0) is 21.7. The molecule has 0 aliphatic carbocycles. The van der Waals surface area contributed by atoms with Crippen LogP contribution in [0.25, 0.3) is 0 Å². The number of carboxylic acid groups (broad SMARTS) is 2. The third kappa shape index (κ3) is 19.5. The fraction of sp³-hybridized carbons (Fsp3) is 0.870. The van der Waals surface area contributed by atoms with Gasteiger partial charge in [0, 0.05) is 12.8 Å². The zero-order valence-corrected chi connectivity index (χ0v) is 18.4. The molecule has 6 nitrogen and oxygen atoms in total. The lowest BCUT2D eigenvalue weighted by molar-refractivity contribution is -0.143. The van der Waals surface area contributed by atoms with Crippen LogP contribution in [0.15, 0.2) is 0 Å². The third-order valence-corrected chi connectivity index (χ3v) is 5.29. The van der Waals surface area contributed by atoms with Crippen LogP contribution in [0.1, 0.15) is 122 Å². The fourth-order valence-electron chi connectivity index (χ4n) is 3.45. The summed E-state index contributed by atoms with van der Waals surface area (Å²) >= 11 is 0. The highest BCUT2D eigenvalue weighted by Crippen LogP contribution is 2.13. The van der Waals surface area contributed by atoms with E-state index >= 15 is 0 Å². The van der Waals surface area contributed by atoms with Gasteiger partial charge in [-0.25, -0.2) is 4.79 Å². The van der Waals surface area contributed by atoms with Crippen molar-refractivity contribution in [2.75, 3.05) is 0 Å². The maximum Gasteiger partial charge on any atom is 0.326 e. The molecule has 0 bridgehead atoms. The molecule has 0 saturated carbocycles. The summed E-state index contributed by atoms with van der Waals surface area (Å²) in [4.78, 5) is 33.4. The Balaban J connectivity index is 3.45. The summed E-state index contributed by atoms with van der Waals surface area (Å²) in [6.07, 6.45) is 18.8. The summed E-state index contributed by atoms with van der Waals surface area (Å²) in [7, 11) is 0. The number of carboxylic acids is 2. The van der Waals surface area contributed by atoms with E-state index in [1.54, 1.807) is 0 Å². The second kappa shape index (κ2) is 19.7. The number of carbonyl (C=O) groups excluding carboxylic acids is 1. The Bertz CT molecular complexity index is 439. The van der Waals surface area contributed by atoms with Crippen LogP contribution in [-0.4, -0.2) is 34.1 Å². The molecule has 0 radical (unpaired) electrons. The van der Waals surface area contributed by atoms with E-state index in [1.165, 1.54) is 77.0 Å². The predicted molar refractivity (Wildman–Crippen MR) is 116 cm³/mol. The smallest absolute Gasteiger partial charge is 0.326 e. The second-order valence-electron chi connectivity index (χ2n) is 8.09. The van der Waals surface area contributed by atoms with Gasteiger partial charge in [-0.05, 0) is 12.8 Å². The Morgan fingerprint density at radius 1 is 0.655 bits per heavy atom. The van der Waals surface area contributed by atoms with E-state index in [-0.39, 0.29) is 18.7 Å². The molecule has 0 aliphatic rings. The van der Waals surface area contributed by atoms with Crippen molar-refractivity contribution < 1.29 is 24.6 Å². The molecule has 0 unspecified atom stereocenters. The molecular weight excluding hydrogens is 370 g/mol. The maximum atomic E-state index is 11.8. The van der Waals surface area contributed by atoms with E-state index in [4.69, 9.17) is 10.2 Å². The van der Waals surface area contributed by atoms with Crippen molar-refractivity contribution >= 4 is 17.8 Å². The Hall–Kier alpha value is -1.59. The first-order chi connectivity index (χ1) is 14.0. The molecule has 3 N–H and O–H groups in total. The quantitative estimate of drug-likeness (QED) is 0.210. The minimum atomic E-state index is -1.18. The standard InChI is InChI=1S/C23H43NO5/c1-2-3-4-5-6-7-8-9-10-11-12-13-14-15-16-17-21(25)24-20(23(28)29)18-19-22(26)27/h20H,2-19H2,1H3,(H,24,25)(H,26,27)(H,28,29)/t20-/m0/s1. The van der Waals surface area contributed by atoms with Gasteiger partial charge in [-0.15, -0.1) is 0 Å². The second-order valence-corrected chi connectivity index (χ2v) is 8.09. The average Bonchev–Trinajstić information content (AvgIpc) is 2.67. The first-order valence-electron chi connectivity index (χ1n) is 11.7. The van der Waals surface area contributed by atoms with Crippen LogP contribution in [0.3, 0.4) is 0 Å². The summed E-state index contributed by atoms with van der Waals surface area (Å²) in [5, 5.41) is 20.1. The predicted octanol–water partition coefficient (Wildman–Crippen LogP) is 5.68. The summed E-state index contributed by atoms with van der Waals surface area (Å²) < 4.78 is 0. The van der Waals surface area contributed by atoms with Crippen LogP contribution in [0.2, 0.25) is 0 Å². The molecule has 0 fully saturated rings. The highest BCUT2D eigenvalue weighted by Gasteiger charge is 2.20. The number of hydrogen-bond acceptors (Lipinski definition) is 3. The van der Waals surface area contributed by atoms with Gasteiger partial charge in [-0.3, -0.25) is 9.59 Å². The Morgan fingerprint density at radius 3 is 1.45 bits per heavy atom. The van der Waals surface area contributed by atoms with Gasteiger partial charge in [0.1, 0.15) is 6.04 Å². The first kappa shape index (κ1) is 27.4. The lowest BCUT2D eigenvalue weighted by Crippen LogP contribution is -2.41. The number of amides is 1. The SMILES string of the molecule is CCCCCCCCCCCCCCCCCC(=O)N[C@@H](CCC(=O)O)C(=O)O. The maximum absolute atomic E-state index is 11.8. The normalized spacial score (nSPS) is 11.9. The van der Waals surface area contributed by atoms with Gasteiger partial charge in [0.15, 0.2) is 0 Å². The molecule has 0 heterocycles. The third-order valence-electron chi connectivity index (χ3n) is 5.29. The van der Waals surface area contributed by atoms with E-state index in [2.05, 4.69) is 12.2 Å². The van der Waals surface area contributed by atoms with Crippen LogP contribution in [0.5, 0.6) is 0 Å². The van der Waals surface area contributed by atoms with Crippen LogP contribution in [0, 0.1) is 0 Å². The minimum absolute atomic E-state index is 0.0880. The van der Waals surface area contributed by atoms with Crippen molar-refractivity contribution in [2.24, 2.45) is 0 Å². The van der Waals surface area contributed by atoms with Crippen molar-refractivity contribution in [3.63, 3.8) is 0 Å². The number of rotatable bonds is 21. The molecule has 0 saturated heterocycles. The molecule has 0 aromatic carbocycles. The molecule has 0 aliphatic heterocycles. The topological polar surface area (TPSA) is 104 Å². The molecule has 0 spiro atoms. The summed E-state index contributed by atoms with van der Waals surface area (Å²) in [6.45, 7) is 2.25. The van der Waals surface area contributed by atoms with Gasteiger partial charge in [0.05, 0.1) is 0 Å². The van der Waals surface area contributed by atoms with Crippen LogP contribution < -0.4 is 5.32 Å². The largest absolute Gasteiger partial charge is 0.481 e. The monoisotopic (exact) mass is 413 g/mol. The fourth-order valence-corrected chi connectivity index (χ4v) is 3.45. The van der Waals surface area contributed by atoms with Gasteiger partial charge in [-0.2, -0.15) is 0 Å². The van der Waals surface area contributed by atoms with Crippen molar-refractivity contribution in [2.45, 2.75) is 129 Å². The molecule has 0 rings (SSSR count). The first-order valence-corrected chi connectivity index (χ1v) is 11.7. The van der Waals surface area contributed by atoms with Gasteiger partial charge < -0.3 is 15.5 Å². The van der Waals surface area contributed by atoms with Crippen LogP contribution in [-0.2, 0) is 14.4 Å². The van der Waals surface area contributed by atoms with E-state index in [9.17, 15) is 14.4 Å². The van der Waals surface area contributed by atoms with Crippen molar-refractivity contribution in [1.82, 2.24) is 5.32 Å². The van der Waals surface area contributed by atoms with Gasteiger partial charge >= 0.3 is 11.9 Å². The van der Waals surface area contributed by atoms with E-state index in [0.717, 1.165) is 19.3 Å². The molecule has 29 heavy (non-hydrogen) atoms. The average molecular weight is 414 g/mol. The molecule has 1 atom stereocenters. The summed E-state index contributed by atoms with van der Waals surface area (Å²) in [6, 6.07) is -1.12. The highest BCUT2D eigenvalue weighted by atomic mass is 16.4. The summed E-state index contributed by atoms with van der Waals surface area (Å²) in [5.74, 6) is -2.55. The number of unbranched alkanes of at least 4 members (excludes halogenated alkanes) is 14. The Labute approximate surface area is 176 Å². The molecular formula is C23H43NO5. The van der Waals surface area contributed by atoms with E-state index < -0.39 is 18.0 Å². The van der Waals surface area contributed by atoms with Crippen molar-refractivity contribution in [1.29, 1.82) is 0 Å². The van der Waals surface area contributed by atoms with Gasteiger partial charge in [0.2, 0.25) is 5.91 Å².